The van der Waals surface area contributed by atoms with Gasteiger partial charge < -0.3 is 11.1 Å². The number of benzene rings is 2. The maximum atomic E-state index is 8.58. The maximum absolute atomic E-state index is 8.58. The number of rotatable bonds is 6. The van der Waals surface area contributed by atoms with Gasteiger partial charge in [0, 0.05) is 30.3 Å². The second-order valence-electron chi connectivity index (χ2n) is 6.41. The molecule has 1 aliphatic carbocycles. The molecule has 1 aliphatic rings. The van der Waals surface area contributed by atoms with Crippen LogP contribution in [0.3, 0.4) is 0 Å². The second-order valence-corrected chi connectivity index (χ2v) is 6.41. The highest BCUT2D eigenvalue weighted by atomic mass is 16.1. The van der Waals surface area contributed by atoms with E-state index in [0.29, 0.717) is 12.0 Å². The summed E-state index contributed by atoms with van der Waals surface area (Å²) in [4.78, 5) is 8.58. The minimum Gasteiger partial charge on any atom is -0.372 e. The van der Waals surface area contributed by atoms with E-state index in [9.17, 15) is 0 Å². The molecule has 0 aliphatic heterocycles. The van der Waals surface area contributed by atoms with Crippen LogP contribution in [0.2, 0.25) is 0 Å². The third-order valence-electron chi connectivity index (χ3n) is 4.46. The number of nitrogens with one attached hydrogen (secondary N) is 1. The van der Waals surface area contributed by atoms with Crippen LogP contribution in [0.1, 0.15) is 29.0 Å². The van der Waals surface area contributed by atoms with Gasteiger partial charge in [0.05, 0.1) is 12.7 Å². The van der Waals surface area contributed by atoms with Crippen LogP contribution in [0.15, 0.2) is 73.1 Å². The van der Waals surface area contributed by atoms with Gasteiger partial charge in [0.2, 0.25) is 6.41 Å². The van der Waals surface area contributed by atoms with E-state index in [0.717, 1.165) is 13.1 Å². The average molecular weight is 348 g/mol. The topological polar surface area (TPSA) is 72.9 Å². The summed E-state index contributed by atoms with van der Waals surface area (Å²) in [6, 6.07) is 21.8. The van der Waals surface area contributed by atoms with Crippen LogP contribution in [0.25, 0.3) is 0 Å². The highest BCUT2D eigenvalue weighted by Crippen LogP contribution is 2.40. The number of carbonyl (C=O) groups excluding carboxylic acids is 1. The Morgan fingerprint density at radius 3 is 2.42 bits per heavy atom. The Balaban J connectivity index is 0.000000613. The molecule has 4 rings (SSSR count). The zero-order valence-electron chi connectivity index (χ0n) is 14.7. The number of amides is 1. The van der Waals surface area contributed by atoms with Gasteiger partial charge in [-0.1, -0.05) is 60.7 Å². The fourth-order valence-corrected chi connectivity index (χ4v) is 3.09. The molecule has 5 heteroatoms. The molecule has 2 aromatic carbocycles. The quantitative estimate of drug-likeness (QED) is 0.673. The van der Waals surface area contributed by atoms with Gasteiger partial charge in [-0.05, 0) is 17.5 Å². The van der Waals surface area contributed by atoms with Gasteiger partial charge in [-0.3, -0.25) is 9.48 Å². The Labute approximate surface area is 153 Å². The molecule has 2 atom stereocenters. The van der Waals surface area contributed by atoms with Crippen molar-refractivity contribution >= 4 is 6.41 Å². The predicted octanol–water partition coefficient (Wildman–Crippen LogP) is 2.68. The molecule has 3 aromatic rings. The first kappa shape index (κ1) is 17.9. The number of nitrogens with two attached hydrogens (primary N) is 1. The molecular weight excluding hydrogens is 324 g/mol. The second kappa shape index (κ2) is 8.97. The van der Waals surface area contributed by atoms with Crippen molar-refractivity contribution in [2.45, 2.75) is 31.5 Å². The van der Waals surface area contributed by atoms with Gasteiger partial charge in [0.25, 0.3) is 0 Å². The van der Waals surface area contributed by atoms with E-state index in [1.54, 1.807) is 0 Å². The number of hydrogen-bond acceptors (Lipinski definition) is 3. The number of primary amides is 1. The highest BCUT2D eigenvalue weighted by Gasteiger charge is 2.37. The third-order valence-corrected chi connectivity index (χ3v) is 4.46. The van der Waals surface area contributed by atoms with Crippen molar-refractivity contribution in [1.29, 1.82) is 0 Å². The van der Waals surface area contributed by atoms with E-state index in [-0.39, 0.29) is 6.41 Å². The summed E-state index contributed by atoms with van der Waals surface area (Å²) in [5, 5.41) is 8.11. The molecule has 1 heterocycles. The van der Waals surface area contributed by atoms with E-state index >= 15 is 0 Å². The monoisotopic (exact) mass is 348 g/mol. The van der Waals surface area contributed by atoms with Crippen LogP contribution in [-0.4, -0.2) is 22.2 Å². The van der Waals surface area contributed by atoms with Gasteiger partial charge in [0.15, 0.2) is 0 Å². The number of carbonyl (C=O) groups is 1. The van der Waals surface area contributed by atoms with Crippen LogP contribution >= 0.6 is 0 Å². The Kier molecular flexibility index (Phi) is 6.17. The molecule has 26 heavy (non-hydrogen) atoms. The summed E-state index contributed by atoms with van der Waals surface area (Å²) in [5.74, 6) is 0.676. The van der Waals surface area contributed by atoms with Gasteiger partial charge in [-0.25, -0.2) is 0 Å². The predicted molar refractivity (Wildman–Crippen MR) is 102 cm³/mol. The minimum atomic E-state index is 0.250. The van der Waals surface area contributed by atoms with E-state index in [4.69, 9.17) is 4.79 Å². The normalized spacial score (nSPS) is 17.8. The maximum Gasteiger partial charge on any atom is 0.204 e. The van der Waals surface area contributed by atoms with Gasteiger partial charge >= 0.3 is 0 Å². The van der Waals surface area contributed by atoms with Crippen molar-refractivity contribution in [3.63, 3.8) is 0 Å². The average Bonchev–Trinajstić information content (AvgIpc) is 3.33. The zero-order chi connectivity index (χ0) is 18.2. The van der Waals surface area contributed by atoms with Crippen molar-refractivity contribution in [3.05, 3.63) is 89.7 Å². The molecule has 2 unspecified atom stereocenters. The van der Waals surface area contributed by atoms with Gasteiger partial charge in [-0.2, -0.15) is 5.10 Å². The van der Waals surface area contributed by atoms with E-state index in [2.05, 4.69) is 76.9 Å². The third kappa shape index (κ3) is 5.04. The molecule has 1 amide bonds. The molecule has 0 saturated heterocycles. The first-order valence-corrected chi connectivity index (χ1v) is 8.79. The number of aromatic nitrogens is 2. The Hall–Kier alpha value is -2.92. The molecule has 5 nitrogen and oxygen atoms in total. The summed E-state index contributed by atoms with van der Waals surface area (Å²) < 4.78 is 2.01. The standard InChI is InChI=1S/C20H21N3.CH3NO/c1-3-7-16(8-4-1)14-23-15-17(13-22-23)12-21-20-11-19(20)18-9-5-2-6-10-18;2-1-3/h1-10,13,15,19-21H,11-12,14H2;1H,(H2,2,3). The zero-order valence-corrected chi connectivity index (χ0v) is 14.7. The number of nitrogens with zero attached hydrogens (tertiary/aromatic N) is 2. The van der Waals surface area contributed by atoms with Crippen LogP contribution in [-0.2, 0) is 17.9 Å². The molecule has 134 valence electrons. The van der Waals surface area contributed by atoms with Crippen LogP contribution in [0.4, 0.5) is 0 Å². The van der Waals surface area contributed by atoms with Crippen molar-refractivity contribution in [2.24, 2.45) is 5.73 Å². The molecule has 0 spiro atoms. The van der Waals surface area contributed by atoms with Gasteiger partial charge in [0.1, 0.15) is 0 Å². The van der Waals surface area contributed by atoms with E-state index < -0.39 is 0 Å². The summed E-state index contributed by atoms with van der Waals surface area (Å²) in [5.41, 5.74) is 8.14. The first-order valence-electron chi connectivity index (χ1n) is 8.79. The lowest BCUT2D eigenvalue weighted by Crippen LogP contribution is -2.16. The van der Waals surface area contributed by atoms with E-state index in [1.807, 2.05) is 16.9 Å². The SMILES string of the molecule is NC=O.c1ccc(Cn2cc(CNC3CC3c3ccccc3)cn2)cc1. The Morgan fingerprint density at radius 1 is 1.08 bits per heavy atom. The summed E-state index contributed by atoms with van der Waals surface area (Å²) in [6.45, 7) is 1.72. The Bertz CT molecular complexity index is 801. The van der Waals surface area contributed by atoms with Crippen LogP contribution in [0, 0.1) is 0 Å². The van der Waals surface area contributed by atoms with Crippen molar-refractivity contribution in [2.75, 3.05) is 0 Å². The van der Waals surface area contributed by atoms with Crippen molar-refractivity contribution < 1.29 is 4.79 Å². The van der Waals surface area contributed by atoms with Gasteiger partial charge in [-0.15, -0.1) is 0 Å². The minimum absolute atomic E-state index is 0.250. The fourth-order valence-electron chi connectivity index (χ4n) is 3.09. The smallest absolute Gasteiger partial charge is 0.204 e. The lowest BCUT2D eigenvalue weighted by Gasteiger charge is -2.03. The summed E-state index contributed by atoms with van der Waals surface area (Å²) in [6.07, 6.45) is 5.60. The lowest BCUT2D eigenvalue weighted by molar-refractivity contribution is -0.106. The Morgan fingerprint density at radius 2 is 1.73 bits per heavy atom. The number of hydrogen-bond donors (Lipinski definition) is 2. The molecule has 0 radical (unpaired) electrons. The first-order chi connectivity index (χ1) is 12.8. The van der Waals surface area contributed by atoms with Crippen molar-refractivity contribution in [3.8, 4) is 0 Å². The fraction of sp³-hybridized carbons (Fsp3) is 0.238. The van der Waals surface area contributed by atoms with Crippen LogP contribution < -0.4 is 11.1 Å². The molecule has 1 saturated carbocycles. The molecule has 0 bridgehead atoms. The van der Waals surface area contributed by atoms with Crippen molar-refractivity contribution in [1.82, 2.24) is 15.1 Å². The molecule has 1 aromatic heterocycles. The molecule has 1 fully saturated rings. The van der Waals surface area contributed by atoms with Crippen LogP contribution in [0.5, 0.6) is 0 Å². The lowest BCUT2D eigenvalue weighted by atomic mass is 10.1. The largest absolute Gasteiger partial charge is 0.372 e. The molecular formula is C21H24N4O. The molecule has 3 N–H and O–H groups in total. The summed E-state index contributed by atoms with van der Waals surface area (Å²) >= 11 is 0. The highest BCUT2D eigenvalue weighted by molar-refractivity contribution is 5.42. The van der Waals surface area contributed by atoms with E-state index in [1.165, 1.54) is 23.1 Å². The summed E-state index contributed by atoms with van der Waals surface area (Å²) in [7, 11) is 0.